The average Bonchev–Trinajstić information content (AvgIpc) is 4.03. The summed E-state index contributed by atoms with van der Waals surface area (Å²) in [6, 6.07) is 19.8. The molecule has 1 atom stereocenters. The van der Waals surface area contributed by atoms with Crippen molar-refractivity contribution in [3.63, 3.8) is 0 Å². The van der Waals surface area contributed by atoms with Gasteiger partial charge in [-0.3, -0.25) is 9.59 Å². The second-order valence-electron chi connectivity index (χ2n) is 14.6. The van der Waals surface area contributed by atoms with Crippen molar-refractivity contribution < 1.29 is 18.4 Å². The third kappa shape index (κ3) is 6.03. The first-order chi connectivity index (χ1) is 26.3. The molecule has 4 aromatic heterocycles. The van der Waals surface area contributed by atoms with Crippen LogP contribution in [0.1, 0.15) is 64.2 Å². The molecule has 54 heavy (non-hydrogen) atoms. The topological polar surface area (TPSA) is 153 Å². The van der Waals surface area contributed by atoms with Crippen LogP contribution in [0.4, 0.5) is 8.78 Å². The summed E-state index contributed by atoms with van der Waals surface area (Å²) in [5.41, 5.74) is 7.47. The predicted molar refractivity (Wildman–Crippen MR) is 198 cm³/mol. The van der Waals surface area contributed by atoms with Crippen LogP contribution in [0.3, 0.4) is 0 Å². The van der Waals surface area contributed by atoms with E-state index < -0.39 is 0 Å². The van der Waals surface area contributed by atoms with Gasteiger partial charge in [-0.1, -0.05) is 37.1 Å². The van der Waals surface area contributed by atoms with E-state index >= 15 is 0 Å². The number of nitrogens with zero attached hydrogens (tertiary/aromatic N) is 4. The van der Waals surface area contributed by atoms with Gasteiger partial charge in [0, 0.05) is 65.4 Å². The number of aromatic amines is 2. The van der Waals surface area contributed by atoms with Crippen LogP contribution in [0.25, 0.3) is 45.6 Å². The zero-order valence-electron chi connectivity index (χ0n) is 29.3. The molecule has 2 fully saturated rings. The van der Waals surface area contributed by atoms with Gasteiger partial charge >= 0.3 is 0 Å². The van der Waals surface area contributed by atoms with Crippen molar-refractivity contribution in [3.8, 4) is 45.6 Å². The monoisotopic (exact) mass is 725 g/mol. The third-order valence-electron chi connectivity index (χ3n) is 11.2. The molecule has 0 radical (unpaired) electrons. The number of aromatic nitrogens is 6. The van der Waals surface area contributed by atoms with E-state index in [1.165, 1.54) is 37.1 Å². The fourth-order valence-electron chi connectivity index (χ4n) is 8.38. The van der Waals surface area contributed by atoms with Gasteiger partial charge in [0.15, 0.2) is 11.6 Å². The van der Waals surface area contributed by atoms with Crippen LogP contribution in [-0.2, 0) is 10.8 Å². The summed E-state index contributed by atoms with van der Waals surface area (Å²) in [5.74, 6) is 0.149. The van der Waals surface area contributed by atoms with E-state index in [4.69, 9.17) is 0 Å². The molecule has 6 aromatic rings. The summed E-state index contributed by atoms with van der Waals surface area (Å²) < 4.78 is 27.1. The van der Waals surface area contributed by atoms with Crippen molar-refractivity contribution in [1.82, 2.24) is 45.9 Å². The average molecular weight is 726 g/mol. The number of halogens is 2. The summed E-state index contributed by atoms with van der Waals surface area (Å²) in [4.78, 5) is 49.4. The van der Waals surface area contributed by atoms with Gasteiger partial charge in [0.1, 0.15) is 11.6 Å². The molecule has 2 spiro atoms. The van der Waals surface area contributed by atoms with Crippen molar-refractivity contribution in [2.24, 2.45) is 0 Å². The van der Waals surface area contributed by atoms with Crippen molar-refractivity contribution >= 4 is 11.8 Å². The Kier molecular flexibility index (Phi) is 8.37. The van der Waals surface area contributed by atoms with E-state index in [1.807, 2.05) is 12.1 Å². The highest BCUT2D eigenvalue weighted by molar-refractivity contribution is 5.99. The quantitative estimate of drug-likeness (QED) is 0.148. The standard InChI is InChI=1S/C21H19FN4O.C20H18FN5O/c22-14-5-3-4-13(10-14)19-23-9-6-16(26-19)17-11-15-18(25-17)21(7-1-2-8-21)12-24-20(15)27;21-13-3-1-2-12(8-13)18-23-6-4-15(26-18)16-9-14-17(25-16)20(5-7-22-10-20)11-24-19(14)27/h3-6,9-11,25H,1-2,7-8,12H2,(H,24,27);1-4,6,8-9,22,25H,5,7,10-11H2,(H,24,27). The largest absolute Gasteiger partial charge is 0.356 e. The number of benzene rings is 2. The van der Waals surface area contributed by atoms with Crippen molar-refractivity contribution in [2.45, 2.75) is 42.9 Å². The SMILES string of the molecule is O=C1NCC2(CCCC2)c2[nH]c(-c3ccnc(-c4cccc(F)c4)n3)cc21.O=C1NCC2(CCNC2)c2[nH]c(-c3ccnc(-c4cccc(F)c4)n3)cc21. The number of H-pyrrole nitrogens is 2. The fraction of sp³-hybridized carbons (Fsp3) is 0.268. The minimum absolute atomic E-state index is 0.0138. The van der Waals surface area contributed by atoms with Gasteiger partial charge in [-0.2, -0.15) is 0 Å². The van der Waals surface area contributed by atoms with Gasteiger partial charge in [0.2, 0.25) is 0 Å². The van der Waals surface area contributed by atoms with E-state index in [1.54, 1.807) is 48.8 Å². The number of amides is 2. The molecule has 0 bridgehead atoms. The Morgan fingerprint density at radius 2 is 1.11 bits per heavy atom. The molecule has 1 unspecified atom stereocenters. The Balaban J connectivity index is 0.000000142. The smallest absolute Gasteiger partial charge is 0.253 e. The number of rotatable bonds is 4. The molecule has 4 aliphatic rings. The van der Waals surface area contributed by atoms with E-state index in [9.17, 15) is 18.4 Å². The van der Waals surface area contributed by atoms with Gasteiger partial charge in [-0.25, -0.2) is 28.7 Å². The molecule has 1 saturated heterocycles. The summed E-state index contributed by atoms with van der Waals surface area (Å²) >= 11 is 0. The van der Waals surface area contributed by atoms with Crippen LogP contribution in [0, 0.1) is 11.6 Å². The van der Waals surface area contributed by atoms with E-state index in [2.05, 4.69) is 45.9 Å². The maximum Gasteiger partial charge on any atom is 0.253 e. The Morgan fingerprint density at radius 3 is 1.61 bits per heavy atom. The molecule has 5 N–H and O–H groups in total. The molecular weight excluding hydrogens is 689 g/mol. The second-order valence-corrected chi connectivity index (χ2v) is 14.6. The molecular formula is C41H37F2N9O2. The zero-order valence-corrected chi connectivity index (χ0v) is 29.3. The van der Waals surface area contributed by atoms with Gasteiger partial charge < -0.3 is 25.9 Å². The van der Waals surface area contributed by atoms with E-state index in [0.717, 1.165) is 55.1 Å². The molecule has 3 aliphatic heterocycles. The van der Waals surface area contributed by atoms with E-state index in [0.29, 0.717) is 58.4 Å². The molecule has 2 aromatic carbocycles. The highest BCUT2D eigenvalue weighted by atomic mass is 19.1. The summed E-state index contributed by atoms with van der Waals surface area (Å²) in [6.45, 7) is 3.08. The van der Waals surface area contributed by atoms with Crippen LogP contribution in [0.15, 0.2) is 85.2 Å². The second kappa shape index (κ2) is 13.4. The molecule has 11 nitrogen and oxygen atoms in total. The Hall–Kier alpha value is -6.08. The Morgan fingerprint density at radius 1 is 0.593 bits per heavy atom. The lowest BCUT2D eigenvalue weighted by Gasteiger charge is -2.33. The number of carbonyl (C=O) groups is 2. The fourth-order valence-corrected chi connectivity index (χ4v) is 8.38. The number of fused-ring (bicyclic) bond motifs is 4. The highest BCUT2D eigenvalue weighted by Gasteiger charge is 2.44. The van der Waals surface area contributed by atoms with Crippen molar-refractivity contribution in [1.29, 1.82) is 0 Å². The van der Waals surface area contributed by atoms with Crippen LogP contribution < -0.4 is 16.0 Å². The third-order valence-corrected chi connectivity index (χ3v) is 11.2. The van der Waals surface area contributed by atoms with Gasteiger partial charge in [0.05, 0.1) is 33.9 Å². The normalized spacial score (nSPS) is 19.5. The number of hydrogen-bond acceptors (Lipinski definition) is 7. The number of nitrogens with one attached hydrogen (secondary N) is 5. The number of hydrogen-bond donors (Lipinski definition) is 5. The van der Waals surface area contributed by atoms with E-state index in [-0.39, 0.29) is 34.3 Å². The lowest BCUT2D eigenvalue weighted by Crippen LogP contribution is -2.48. The zero-order chi connectivity index (χ0) is 36.9. The summed E-state index contributed by atoms with van der Waals surface area (Å²) in [6.07, 6.45) is 8.81. The van der Waals surface area contributed by atoms with Gasteiger partial charge in [-0.15, -0.1) is 0 Å². The van der Waals surface area contributed by atoms with Crippen LogP contribution in [0.5, 0.6) is 0 Å². The predicted octanol–water partition coefficient (Wildman–Crippen LogP) is 6.09. The molecule has 1 saturated carbocycles. The molecule has 10 rings (SSSR count). The van der Waals surface area contributed by atoms with Crippen LogP contribution >= 0.6 is 0 Å². The van der Waals surface area contributed by atoms with Crippen molar-refractivity contribution in [3.05, 3.63) is 119 Å². The minimum atomic E-state index is -0.329. The Bertz CT molecular complexity index is 2240. The molecule has 272 valence electrons. The molecule has 13 heteroatoms. The minimum Gasteiger partial charge on any atom is -0.356 e. The van der Waals surface area contributed by atoms with Gasteiger partial charge in [0.25, 0.3) is 11.8 Å². The van der Waals surface area contributed by atoms with Gasteiger partial charge in [-0.05, 0) is 74.3 Å². The molecule has 7 heterocycles. The first kappa shape index (κ1) is 33.7. The molecule has 2 amide bonds. The lowest BCUT2D eigenvalue weighted by atomic mass is 9.78. The maximum atomic E-state index is 13.5. The number of carbonyl (C=O) groups excluding carboxylic acids is 2. The molecule has 1 aliphatic carbocycles. The van der Waals surface area contributed by atoms with Crippen LogP contribution in [-0.4, -0.2) is 67.9 Å². The first-order valence-corrected chi connectivity index (χ1v) is 18.2. The van der Waals surface area contributed by atoms with Crippen molar-refractivity contribution in [2.75, 3.05) is 26.2 Å². The van der Waals surface area contributed by atoms with Crippen LogP contribution in [0.2, 0.25) is 0 Å². The first-order valence-electron chi connectivity index (χ1n) is 18.2. The Labute approximate surface area is 309 Å². The lowest BCUT2D eigenvalue weighted by molar-refractivity contribution is 0.0917. The highest BCUT2D eigenvalue weighted by Crippen LogP contribution is 2.44. The summed E-state index contributed by atoms with van der Waals surface area (Å²) in [7, 11) is 0. The summed E-state index contributed by atoms with van der Waals surface area (Å²) in [5, 5.41) is 9.44. The maximum absolute atomic E-state index is 13.5.